The number of carbonyl (C=O) groups is 6. The molecule has 0 saturated carbocycles. The summed E-state index contributed by atoms with van der Waals surface area (Å²) in [5, 5.41) is 32.2. The van der Waals surface area contributed by atoms with Gasteiger partial charge in [0, 0.05) is 15.3 Å². The van der Waals surface area contributed by atoms with E-state index >= 15 is 0 Å². The smallest absolute Gasteiger partial charge is 0.742 e. The van der Waals surface area contributed by atoms with Crippen LogP contribution in [0.3, 0.4) is 0 Å². The molecule has 0 aliphatic rings. The number of nitrogens with zero attached hydrogens (tertiary/aromatic N) is 3. The minimum Gasteiger partial charge on any atom is -0.742 e. The second-order valence-electron chi connectivity index (χ2n) is 10.4. The Kier molecular flexibility index (Phi) is 18.4. The fourth-order valence-electron chi connectivity index (χ4n) is 4.43. The Bertz CT molecular complexity index is 1900. The van der Waals surface area contributed by atoms with Crippen LogP contribution in [0.15, 0.2) is 72.8 Å². The molecule has 0 aliphatic carbocycles. The molecular formula is C33H21Al2N3O9S6. The van der Waals surface area contributed by atoms with Crippen LogP contribution in [0.2, 0.25) is 0 Å². The number of rotatable bonds is 12. The van der Waals surface area contributed by atoms with Crippen LogP contribution in [-0.2, 0) is 66.7 Å². The normalized spacial score (nSPS) is 12.0. The molecule has 3 unspecified atom stereocenters. The van der Waals surface area contributed by atoms with Crippen LogP contribution >= 0.6 is 34.0 Å². The molecule has 0 fully saturated rings. The average Bonchev–Trinajstić information content (AvgIpc) is 3.81. The molecule has 6 aromatic rings. The van der Waals surface area contributed by atoms with Gasteiger partial charge in [-0.2, -0.15) is 0 Å². The van der Waals surface area contributed by atoms with Crippen molar-refractivity contribution in [3.05, 3.63) is 87.8 Å². The van der Waals surface area contributed by atoms with Crippen molar-refractivity contribution >= 4 is 171 Å². The van der Waals surface area contributed by atoms with E-state index in [1.54, 1.807) is 18.2 Å². The summed E-state index contributed by atoms with van der Waals surface area (Å²) < 4.78 is 2.64. The summed E-state index contributed by atoms with van der Waals surface area (Å²) in [5.74, 6) is -7.08. The Morgan fingerprint density at radius 2 is 0.698 bits per heavy atom. The quantitative estimate of drug-likeness (QED) is 0.124. The van der Waals surface area contributed by atoms with Crippen LogP contribution in [0.4, 0.5) is 0 Å². The maximum Gasteiger partial charge on any atom is 3.00 e. The van der Waals surface area contributed by atoms with Crippen molar-refractivity contribution in [3.63, 3.8) is 0 Å². The standard InChI is InChI=1S/3C11H9NO3S2.2Al/c3*13-9(16)5-6(11(14)15)10-12-7-3-1-2-4-8(7)17-10;;/h3*1-4,6H,5H2,(H,13,16)(H,14,15);;/q;;;2*+3/p-6. The van der Waals surface area contributed by atoms with Crippen LogP contribution in [0.5, 0.6) is 0 Å². The van der Waals surface area contributed by atoms with E-state index in [1.807, 2.05) is 54.6 Å². The predicted octanol–water partition coefficient (Wildman–Crippen LogP) is 1.02. The molecule has 0 spiro atoms. The number of aliphatic carboxylic acids is 3. The zero-order chi connectivity index (χ0) is 37.2. The molecule has 0 saturated heterocycles. The van der Waals surface area contributed by atoms with Crippen molar-refractivity contribution < 1.29 is 44.1 Å². The molecule has 0 bridgehead atoms. The number of carboxylic acids is 3. The Morgan fingerprint density at radius 1 is 0.472 bits per heavy atom. The van der Waals surface area contributed by atoms with Gasteiger partial charge in [-0.3, -0.25) is 0 Å². The fraction of sp³-hybridized carbons (Fsp3) is 0.182. The van der Waals surface area contributed by atoms with Crippen molar-refractivity contribution in [1.29, 1.82) is 0 Å². The van der Waals surface area contributed by atoms with Crippen LogP contribution in [0, 0.1) is 0 Å². The third-order valence-electron chi connectivity index (χ3n) is 6.79. The number of hydrogen-bond donors (Lipinski definition) is 0. The van der Waals surface area contributed by atoms with E-state index in [2.05, 4.69) is 52.8 Å². The summed E-state index contributed by atoms with van der Waals surface area (Å²) in [7, 11) is 0. The minimum absolute atomic E-state index is 0. The molecule has 264 valence electrons. The number of thiazole rings is 3. The summed E-state index contributed by atoms with van der Waals surface area (Å²) in [6.07, 6.45) is -0.757. The minimum atomic E-state index is -1.32. The van der Waals surface area contributed by atoms with E-state index in [9.17, 15) is 44.1 Å². The van der Waals surface area contributed by atoms with E-state index in [-0.39, 0.29) is 54.0 Å². The third kappa shape index (κ3) is 13.1. The number of para-hydroxylation sites is 3. The molecule has 53 heavy (non-hydrogen) atoms. The molecule has 3 aromatic carbocycles. The van der Waals surface area contributed by atoms with E-state index in [0.29, 0.717) is 15.0 Å². The number of hydrogen-bond acceptors (Lipinski definition) is 18. The Hall–Kier alpha value is -3.53. The van der Waals surface area contributed by atoms with Gasteiger partial charge in [0.25, 0.3) is 0 Å². The summed E-state index contributed by atoms with van der Waals surface area (Å²) >= 11 is 16.9. The number of aromatic nitrogens is 3. The molecule has 0 aliphatic heterocycles. The Morgan fingerprint density at radius 3 is 0.887 bits per heavy atom. The van der Waals surface area contributed by atoms with Crippen molar-refractivity contribution in [2.24, 2.45) is 0 Å². The van der Waals surface area contributed by atoms with E-state index in [1.165, 1.54) is 34.0 Å². The van der Waals surface area contributed by atoms with Crippen LogP contribution in [0.25, 0.3) is 30.6 Å². The SMILES string of the molecule is O=C([S-])CC(C(=O)[O-])c1nc2ccccc2s1.O=C([S-])CC(C(=O)[O-])c1nc2ccccc2s1.O=C([S-])CC(C(=O)[O-])c1nc2ccccc2s1.[Al+3].[Al+3]. The van der Waals surface area contributed by atoms with Crippen molar-refractivity contribution in [2.45, 2.75) is 37.0 Å². The van der Waals surface area contributed by atoms with Gasteiger partial charge in [-0.1, -0.05) is 36.4 Å². The monoisotopic (exact) mass is 849 g/mol. The largest absolute Gasteiger partial charge is 3.00 e. The van der Waals surface area contributed by atoms with Gasteiger partial charge in [0.05, 0.1) is 66.3 Å². The van der Waals surface area contributed by atoms with Crippen LogP contribution in [0.1, 0.15) is 52.0 Å². The maximum absolute atomic E-state index is 11.0. The van der Waals surface area contributed by atoms with Crippen molar-refractivity contribution in [2.75, 3.05) is 0 Å². The third-order valence-corrected chi connectivity index (χ3v) is 10.7. The van der Waals surface area contributed by atoms with Gasteiger partial charge in [0.1, 0.15) is 15.0 Å². The molecule has 3 aromatic heterocycles. The molecule has 3 heterocycles. The zero-order valence-electron chi connectivity index (χ0n) is 26.9. The summed E-state index contributed by atoms with van der Waals surface area (Å²) in [4.78, 5) is 78.0. The van der Waals surface area contributed by atoms with Gasteiger partial charge in [-0.05, 0) is 55.7 Å². The summed E-state index contributed by atoms with van der Waals surface area (Å²) in [6, 6.07) is 21.9. The molecular weight excluding hydrogens is 829 g/mol. The first-order valence-corrected chi connectivity index (χ1v) is 18.2. The zero-order valence-corrected chi connectivity index (χ0v) is 34.1. The second kappa shape index (κ2) is 21.4. The van der Waals surface area contributed by atoms with E-state index < -0.39 is 51.0 Å². The Balaban J connectivity index is 0.000000270. The predicted molar refractivity (Wildman–Crippen MR) is 205 cm³/mol. The first-order chi connectivity index (χ1) is 24.2. The van der Waals surface area contributed by atoms with Gasteiger partial charge in [-0.15, -0.1) is 34.0 Å². The van der Waals surface area contributed by atoms with Crippen molar-refractivity contribution in [1.82, 2.24) is 15.0 Å². The molecule has 6 rings (SSSR count). The summed E-state index contributed by atoms with van der Waals surface area (Å²) in [6.45, 7) is 0. The molecule has 0 radical (unpaired) electrons. The van der Waals surface area contributed by atoms with Gasteiger partial charge in [0.15, 0.2) is 0 Å². The number of benzene rings is 3. The molecule has 20 heteroatoms. The molecule has 0 amide bonds. The van der Waals surface area contributed by atoms with E-state index in [4.69, 9.17) is 0 Å². The number of carbonyl (C=O) groups excluding carboxylic acids is 6. The van der Waals surface area contributed by atoms with Gasteiger partial charge < -0.3 is 82.0 Å². The van der Waals surface area contributed by atoms with E-state index in [0.717, 1.165) is 30.6 Å². The van der Waals surface area contributed by atoms with Gasteiger partial charge in [-0.25, -0.2) is 15.0 Å². The summed E-state index contributed by atoms with van der Waals surface area (Å²) in [5.41, 5.74) is 2.15. The first-order valence-electron chi connectivity index (χ1n) is 14.5. The molecule has 12 nitrogen and oxygen atoms in total. The first kappa shape index (κ1) is 45.6. The Labute approximate surface area is 351 Å². The number of fused-ring (bicyclic) bond motifs is 3. The van der Waals surface area contributed by atoms with Crippen molar-refractivity contribution in [3.8, 4) is 0 Å². The van der Waals surface area contributed by atoms with Gasteiger partial charge in [0.2, 0.25) is 0 Å². The molecule has 0 N–H and O–H groups in total. The fourth-order valence-corrected chi connectivity index (χ4v) is 8.10. The number of carboxylic acid groups (broad SMARTS) is 3. The average molecular weight is 850 g/mol. The second-order valence-corrected chi connectivity index (χ2v) is 15.0. The molecule has 3 atom stereocenters. The van der Waals surface area contributed by atoms with Crippen LogP contribution in [-0.4, -0.2) is 82.9 Å². The maximum atomic E-state index is 11.0. The topological polar surface area (TPSA) is 210 Å². The van der Waals surface area contributed by atoms with Crippen LogP contribution < -0.4 is 15.3 Å². The van der Waals surface area contributed by atoms with Gasteiger partial charge >= 0.3 is 34.7 Å².